The molecule has 0 unspecified atom stereocenters. The van der Waals surface area contributed by atoms with E-state index in [4.69, 9.17) is 4.52 Å². The van der Waals surface area contributed by atoms with Gasteiger partial charge in [-0.2, -0.15) is 0 Å². The van der Waals surface area contributed by atoms with Gasteiger partial charge in [-0.3, -0.25) is 4.99 Å². The van der Waals surface area contributed by atoms with Crippen molar-refractivity contribution in [1.29, 1.82) is 0 Å². The minimum absolute atomic E-state index is 0. The molecule has 0 radical (unpaired) electrons. The lowest BCUT2D eigenvalue weighted by Gasteiger charge is -2.37. The van der Waals surface area contributed by atoms with Crippen molar-refractivity contribution in [2.24, 2.45) is 4.99 Å². The third-order valence-corrected chi connectivity index (χ3v) is 4.57. The Morgan fingerprint density at radius 1 is 1.26 bits per heavy atom. The van der Waals surface area contributed by atoms with Crippen LogP contribution in [0.3, 0.4) is 0 Å². The SMILES string of the molecule is CN=C(NCc1cc(C(C)C)no1)N1CCN(c2ccccc2F)CC1.I. The number of nitrogens with zero attached hydrogens (tertiary/aromatic N) is 4. The molecule has 1 aromatic carbocycles. The number of aromatic nitrogens is 1. The average Bonchev–Trinajstić information content (AvgIpc) is 3.13. The summed E-state index contributed by atoms with van der Waals surface area (Å²) in [5.74, 6) is 1.79. The Kier molecular flexibility index (Phi) is 7.88. The summed E-state index contributed by atoms with van der Waals surface area (Å²) in [4.78, 5) is 8.61. The molecule has 1 N–H and O–H groups in total. The number of piperazine rings is 1. The fraction of sp³-hybridized carbons (Fsp3) is 0.474. The fourth-order valence-corrected chi connectivity index (χ4v) is 3.05. The number of guanidine groups is 1. The van der Waals surface area contributed by atoms with Crippen LogP contribution in [0.15, 0.2) is 39.8 Å². The summed E-state index contributed by atoms with van der Waals surface area (Å²) in [6, 6.07) is 8.89. The van der Waals surface area contributed by atoms with Crippen molar-refractivity contribution in [3.63, 3.8) is 0 Å². The van der Waals surface area contributed by atoms with E-state index in [1.807, 2.05) is 18.2 Å². The number of halogens is 2. The Bertz CT molecular complexity index is 756. The van der Waals surface area contributed by atoms with Crippen LogP contribution in [0.5, 0.6) is 0 Å². The molecular formula is C19H27FIN5O. The predicted octanol–water partition coefficient (Wildman–Crippen LogP) is 3.45. The topological polar surface area (TPSA) is 56.9 Å². The molecule has 6 nitrogen and oxygen atoms in total. The molecule has 0 atom stereocenters. The number of hydrogen-bond donors (Lipinski definition) is 1. The van der Waals surface area contributed by atoms with Gasteiger partial charge in [-0.05, 0) is 18.1 Å². The van der Waals surface area contributed by atoms with E-state index >= 15 is 0 Å². The average molecular weight is 487 g/mol. The molecule has 0 amide bonds. The Hall–Kier alpha value is -1.84. The van der Waals surface area contributed by atoms with Gasteiger partial charge >= 0.3 is 0 Å². The van der Waals surface area contributed by atoms with Crippen LogP contribution in [0.2, 0.25) is 0 Å². The molecule has 27 heavy (non-hydrogen) atoms. The molecule has 2 heterocycles. The summed E-state index contributed by atoms with van der Waals surface area (Å²) < 4.78 is 19.3. The van der Waals surface area contributed by atoms with Gasteiger partial charge in [0.1, 0.15) is 5.82 Å². The lowest BCUT2D eigenvalue weighted by atomic mass is 10.1. The highest BCUT2D eigenvalue weighted by atomic mass is 127. The van der Waals surface area contributed by atoms with E-state index in [0.717, 1.165) is 43.6 Å². The van der Waals surface area contributed by atoms with Gasteiger partial charge in [0.25, 0.3) is 0 Å². The number of nitrogens with one attached hydrogen (secondary N) is 1. The smallest absolute Gasteiger partial charge is 0.194 e. The van der Waals surface area contributed by atoms with Gasteiger partial charge in [0.15, 0.2) is 11.7 Å². The zero-order valence-electron chi connectivity index (χ0n) is 16.0. The van der Waals surface area contributed by atoms with Crippen LogP contribution in [0.25, 0.3) is 0 Å². The van der Waals surface area contributed by atoms with Gasteiger partial charge < -0.3 is 19.6 Å². The summed E-state index contributed by atoms with van der Waals surface area (Å²) >= 11 is 0. The fourth-order valence-electron chi connectivity index (χ4n) is 3.05. The van der Waals surface area contributed by atoms with Crippen LogP contribution in [-0.4, -0.2) is 49.2 Å². The molecule has 8 heteroatoms. The molecule has 1 aliphatic heterocycles. The number of anilines is 1. The number of aliphatic imine (C=N–C) groups is 1. The number of hydrogen-bond acceptors (Lipinski definition) is 4. The molecule has 1 aliphatic rings. The van der Waals surface area contributed by atoms with Crippen molar-refractivity contribution in [2.45, 2.75) is 26.3 Å². The maximum Gasteiger partial charge on any atom is 0.194 e. The molecule has 3 rings (SSSR count). The minimum Gasteiger partial charge on any atom is -0.366 e. The largest absolute Gasteiger partial charge is 0.366 e. The van der Waals surface area contributed by atoms with Gasteiger partial charge in [0.05, 0.1) is 17.9 Å². The molecule has 0 aliphatic carbocycles. The van der Waals surface area contributed by atoms with Crippen LogP contribution in [-0.2, 0) is 6.54 Å². The van der Waals surface area contributed by atoms with Crippen molar-refractivity contribution in [3.05, 3.63) is 47.6 Å². The Labute approximate surface area is 176 Å². The Balaban J connectivity index is 0.00000261. The van der Waals surface area contributed by atoms with E-state index < -0.39 is 0 Å². The number of rotatable bonds is 4. The first-order chi connectivity index (χ1) is 12.6. The van der Waals surface area contributed by atoms with E-state index in [0.29, 0.717) is 18.2 Å². The zero-order chi connectivity index (χ0) is 18.5. The Morgan fingerprint density at radius 2 is 1.96 bits per heavy atom. The van der Waals surface area contributed by atoms with E-state index in [-0.39, 0.29) is 29.8 Å². The maximum atomic E-state index is 14.0. The normalized spacial score (nSPS) is 15.1. The highest BCUT2D eigenvalue weighted by molar-refractivity contribution is 14.0. The zero-order valence-corrected chi connectivity index (χ0v) is 18.3. The molecular weight excluding hydrogens is 460 g/mol. The van der Waals surface area contributed by atoms with Crippen molar-refractivity contribution in [2.75, 3.05) is 38.1 Å². The van der Waals surface area contributed by atoms with E-state index in [1.165, 1.54) is 6.07 Å². The standard InChI is InChI=1S/C19H26FN5O.HI/c1-14(2)17-12-15(26-23-17)13-22-19(21-3)25-10-8-24(9-11-25)18-7-5-4-6-16(18)20;/h4-7,12,14H,8-11,13H2,1-3H3,(H,21,22);1H. The van der Waals surface area contributed by atoms with Crippen LogP contribution in [0, 0.1) is 5.82 Å². The quantitative estimate of drug-likeness (QED) is 0.407. The second kappa shape index (κ2) is 9.91. The van der Waals surface area contributed by atoms with E-state index in [9.17, 15) is 4.39 Å². The summed E-state index contributed by atoms with van der Waals surface area (Å²) in [7, 11) is 1.77. The van der Waals surface area contributed by atoms with E-state index in [1.54, 1.807) is 13.1 Å². The first kappa shape index (κ1) is 21.5. The lowest BCUT2D eigenvalue weighted by molar-refractivity contribution is 0.354. The van der Waals surface area contributed by atoms with Gasteiger partial charge in [-0.25, -0.2) is 4.39 Å². The molecule has 1 aromatic heterocycles. The minimum atomic E-state index is -0.172. The lowest BCUT2D eigenvalue weighted by Crippen LogP contribution is -2.52. The molecule has 148 valence electrons. The number of para-hydroxylation sites is 1. The third-order valence-electron chi connectivity index (χ3n) is 4.57. The number of benzene rings is 1. The highest BCUT2D eigenvalue weighted by Gasteiger charge is 2.21. The first-order valence-electron chi connectivity index (χ1n) is 8.99. The maximum absolute atomic E-state index is 14.0. The van der Waals surface area contributed by atoms with Crippen LogP contribution in [0.1, 0.15) is 31.2 Å². The van der Waals surface area contributed by atoms with Gasteiger partial charge in [0, 0.05) is 39.3 Å². The van der Waals surface area contributed by atoms with Crippen molar-refractivity contribution in [1.82, 2.24) is 15.4 Å². The van der Waals surface area contributed by atoms with Crippen molar-refractivity contribution in [3.8, 4) is 0 Å². The second-order valence-corrected chi connectivity index (χ2v) is 6.70. The first-order valence-corrected chi connectivity index (χ1v) is 8.99. The highest BCUT2D eigenvalue weighted by Crippen LogP contribution is 2.20. The second-order valence-electron chi connectivity index (χ2n) is 6.70. The monoisotopic (exact) mass is 487 g/mol. The summed E-state index contributed by atoms with van der Waals surface area (Å²) in [5.41, 5.74) is 1.62. The molecule has 0 bridgehead atoms. The molecule has 1 saturated heterocycles. The predicted molar refractivity (Wildman–Crippen MR) is 116 cm³/mol. The van der Waals surface area contributed by atoms with Crippen molar-refractivity contribution >= 4 is 35.6 Å². The summed E-state index contributed by atoms with van der Waals surface area (Å²) in [6.45, 7) is 7.78. The van der Waals surface area contributed by atoms with Gasteiger partial charge in [-0.15, -0.1) is 24.0 Å². The summed E-state index contributed by atoms with van der Waals surface area (Å²) in [5, 5.41) is 7.40. The van der Waals surface area contributed by atoms with Crippen LogP contribution in [0.4, 0.5) is 10.1 Å². The van der Waals surface area contributed by atoms with E-state index in [2.05, 4.69) is 39.1 Å². The van der Waals surface area contributed by atoms with Gasteiger partial charge in [-0.1, -0.05) is 31.1 Å². The molecule has 0 spiro atoms. The van der Waals surface area contributed by atoms with Crippen LogP contribution >= 0.6 is 24.0 Å². The molecule has 1 fully saturated rings. The van der Waals surface area contributed by atoms with Crippen molar-refractivity contribution < 1.29 is 8.91 Å². The summed E-state index contributed by atoms with van der Waals surface area (Å²) in [6.07, 6.45) is 0. The third kappa shape index (κ3) is 5.33. The molecule has 0 saturated carbocycles. The Morgan fingerprint density at radius 3 is 2.56 bits per heavy atom. The molecule has 2 aromatic rings. The van der Waals surface area contributed by atoms with Crippen LogP contribution < -0.4 is 10.2 Å². The van der Waals surface area contributed by atoms with Gasteiger partial charge in [0.2, 0.25) is 0 Å².